The van der Waals surface area contributed by atoms with Gasteiger partial charge in [0.15, 0.2) is 11.6 Å². The number of hydrogen-bond acceptors (Lipinski definition) is 5. The van der Waals surface area contributed by atoms with E-state index in [4.69, 9.17) is 0 Å². The molecular weight excluding hydrogens is 510 g/mol. The van der Waals surface area contributed by atoms with Crippen LogP contribution in [0.1, 0.15) is 112 Å². The van der Waals surface area contributed by atoms with E-state index in [-0.39, 0.29) is 51.1 Å². The van der Waals surface area contributed by atoms with Gasteiger partial charge in [-0.2, -0.15) is 5.26 Å². The van der Waals surface area contributed by atoms with Crippen molar-refractivity contribution in [1.82, 2.24) is 9.55 Å². The maximum atomic E-state index is 14.3. The molecule has 0 aromatic carbocycles. The highest BCUT2D eigenvalue weighted by Crippen LogP contribution is 2.70. The van der Waals surface area contributed by atoms with E-state index in [1.54, 1.807) is 23.3 Å². The maximum absolute atomic E-state index is 14.3. The lowest BCUT2D eigenvalue weighted by atomic mass is 9.38. The van der Waals surface area contributed by atoms with Crippen LogP contribution in [0.5, 0.6) is 0 Å². The Morgan fingerprint density at radius 2 is 1.63 bits per heavy atom. The van der Waals surface area contributed by atoms with Crippen molar-refractivity contribution in [1.29, 1.82) is 5.26 Å². The zero-order valence-electron chi connectivity index (χ0n) is 26.3. The summed E-state index contributed by atoms with van der Waals surface area (Å²) in [7, 11) is 0. The van der Waals surface area contributed by atoms with Gasteiger partial charge in [-0.15, -0.1) is 0 Å². The predicted molar refractivity (Wildman–Crippen MR) is 159 cm³/mol. The fourth-order valence-electron chi connectivity index (χ4n) is 9.49. The summed E-state index contributed by atoms with van der Waals surface area (Å²) in [6.45, 7) is 17.4. The summed E-state index contributed by atoms with van der Waals surface area (Å²) >= 11 is 0. The summed E-state index contributed by atoms with van der Waals surface area (Å²) < 4.78 is 1.62. The van der Waals surface area contributed by atoms with Crippen molar-refractivity contribution in [3.05, 3.63) is 42.0 Å². The number of allylic oxidation sites excluding steroid dienone is 4. The first kappa shape index (κ1) is 29.7. The summed E-state index contributed by atoms with van der Waals surface area (Å²) in [5.41, 5.74) is -1.23. The summed E-state index contributed by atoms with van der Waals surface area (Å²) in [5, 5.41) is 9.95. The Hall–Kier alpha value is -2.81. The van der Waals surface area contributed by atoms with Crippen LogP contribution in [0, 0.1) is 55.7 Å². The molecule has 5 rings (SSSR count). The minimum absolute atomic E-state index is 0.00172. The largest absolute Gasteiger partial charge is 0.295 e. The monoisotopic (exact) mass is 557 g/mol. The van der Waals surface area contributed by atoms with Crippen molar-refractivity contribution >= 4 is 17.5 Å². The number of aromatic nitrogens is 2. The maximum Gasteiger partial charge on any atom is 0.237 e. The summed E-state index contributed by atoms with van der Waals surface area (Å²) in [6.07, 6.45) is 15.4. The Kier molecular flexibility index (Phi) is 6.76. The van der Waals surface area contributed by atoms with E-state index in [2.05, 4.69) is 52.6 Å². The van der Waals surface area contributed by atoms with Gasteiger partial charge >= 0.3 is 0 Å². The molecule has 1 aromatic heterocycles. The average Bonchev–Trinajstić information content (AvgIpc) is 3.44. The fourth-order valence-corrected chi connectivity index (χ4v) is 9.49. The van der Waals surface area contributed by atoms with E-state index in [0.29, 0.717) is 6.42 Å². The molecule has 4 aliphatic rings. The van der Waals surface area contributed by atoms with Crippen LogP contribution in [-0.4, -0.2) is 27.0 Å². The quantitative estimate of drug-likeness (QED) is 0.356. The Balaban J connectivity index is 1.65. The van der Waals surface area contributed by atoms with E-state index in [1.807, 2.05) is 26.0 Å². The first-order valence-corrected chi connectivity index (χ1v) is 15.4. The van der Waals surface area contributed by atoms with Crippen molar-refractivity contribution in [2.24, 2.45) is 44.3 Å². The number of nitriles is 1. The molecule has 1 aromatic rings. The molecule has 0 aliphatic heterocycles. The number of hydrogen-bond donors (Lipinski definition) is 0. The normalized spacial score (nSPS) is 40.2. The van der Waals surface area contributed by atoms with Crippen LogP contribution in [0.4, 0.5) is 0 Å². The molecule has 0 bridgehead atoms. The van der Waals surface area contributed by atoms with Gasteiger partial charge in [0.2, 0.25) is 5.91 Å². The number of imidazole rings is 1. The van der Waals surface area contributed by atoms with E-state index >= 15 is 0 Å². The molecule has 0 radical (unpaired) electrons. The first-order chi connectivity index (χ1) is 19.0. The highest BCUT2D eigenvalue weighted by atomic mass is 16.2. The molecule has 1 unspecified atom stereocenters. The third-order valence-electron chi connectivity index (χ3n) is 12.7. The Labute approximate surface area is 245 Å². The highest BCUT2D eigenvalue weighted by Gasteiger charge is 2.65. The van der Waals surface area contributed by atoms with E-state index < -0.39 is 16.2 Å². The van der Waals surface area contributed by atoms with Crippen molar-refractivity contribution in [2.75, 3.05) is 0 Å². The first-order valence-electron chi connectivity index (χ1n) is 15.4. The van der Waals surface area contributed by atoms with Crippen molar-refractivity contribution < 1.29 is 14.4 Å². The molecule has 4 aliphatic carbocycles. The van der Waals surface area contributed by atoms with Crippen molar-refractivity contribution in [3.8, 4) is 6.07 Å². The molecular formula is C35H47N3O3. The summed E-state index contributed by atoms with van der Waals surface area (Å²) in [6, 6.07) is 2.19. The smallest absolute Gasteiger partial charge is 0.237 e. The summed E-state index contributed by atoms with van der Waals surface area (Å²) in [4.78, 5) is 45.6. The molecule has 6 nitrogen and oxygen atoms in total. The van der Waals surface area contributed by atoms with E-state index in [0.717, 1.165) is 50.5 Å². The molecule has 0 spiro atoms. The summed E-state index contributed by atoms with van der Waals surface area (Å²) in [5.74, 6) is 0.0203. The zero-order valence-corrected chi connectivity index (χ0v) is 26.3. The minimum atomic E-state index is -0.687. The minimum Gasteiger partial charge on any atom is -0.295 e. The second-order valence-corrected chi connectivity index (χ2v) is 15.9. The van der Waals surface area contributed by atoms with E-state index in [1.165, 1.54) is 0 Å². The number of nitrogens with zero attached hydrogens (tertiary/aromatic N) is 3. The standard InChI is InChI=1S/C35H47N3O3/c1-30(2)11-9-24-25(39)19-27-33(6)20-23(21-36)28(40)31(3,4)26(33)10-12-35(27,8)34(24,7)16-15-32(5,14-13-30)29(41)38-18-17-37-22-38/h17-20,22,24,26H,9-16H2,1-8H3/t24?,26-,32-,33-,34+,35+/m0/s1. The highest BCUT2D eigenvalue weighted by molar-refractivity contribution is 6.04. The van der Waals surface area contributed by atoms with Crippen molar-refractivity contribution in [2.45, 2.75) is 107 Å². The van der Waals surface area contributed by atoms with Gasteiger partial charge in [-0.1, -0.05) is 67.0 Å². The van der Waals surface area contributed by atoms with Crippen LogP contribution in [0.2, 0.25) is 0 Å². The van der Waals surface area contributed by atoms with E-state index in [9.17, 15) is 19.6 Å². The lowest BCUT2D eigenvalue weighted by Crippen LogP contribution is -2.60. The van der Waals surface area contributed by atoms with Crippen molar-refractivity contribution in [3.63, 3.8) is 0 Å². The number of carbonyl (C=O) groups excluding carboxylic acids is 3. The fraction of sp³-hybridized carbons (Fsp3) is 0.686. The molecule has 0 saturated heterocycles. The number of fused-ring (bicyclic) bond motifs is 5. The molecule has 6 heteroatoms. The molecule has 0 N–H and O–H groups in total. The number of carbonyl (C=O) groups is 3. The number of ketones is 2. The third kappa shape index (κ3) is 4.24. The second-order valence-electron chi connectivity index (χ2n) is 15.9. The van der Waals surface area contributed by atoms with Gasteiger partial charge in [0.25, 0.3) is 0 Å². The average molecular weight is 558 g/mol. The Bertz CT molecular complexity index is 1390. The van der Waals surface area contributed by atoms with Gasteiger partial charge in [0, 0.05) is 34.6 Å². The molecule has 6 atom stereocenters. The topological polar surface area (TPSA) is 92.8 Å². The lowest BCUT2D eigenvalue weighted by Gasteiger charge is -2.65. The van der Waals surface area contributed by atoms with Gasteiger partial charge in [-0.05, 0) is 79.6 Å². The van der Waals surface area contributed by atoms with Crippen LogP contribution < -0.4 is 0 Å². The Morgan fingerprint density at radius 1 is 0.951 bits per heavy atom. The van der Waals surface area contributed by atoms with Crippen LogP contribution in [0.25, 0.3) is 0 Å². The second kappa shape index (κ2) is 9.35. The van der Waals surface area contributed by atoms with Crippen LogP contribution in [-0.2, 0) is 9.59 Å². The zero-order chi connectivity index (χ0) is 30.2. The van der Waals surface area contributed by atoms with Gasteiger partial charge in [-0.25, -0.2) is 4.98 Å². The van der Waals surface area contributed by atoms with Crippen LogP contribution in [0.3, 0.4) is 0 Å². The molecule has 2 fully saturated rings. The van der Waals surface area contributed by atoms with Crippen LogP contribution >= 0.6 is 0 Å². The molecule has 1 heterocycles. The SMILES string of the molecule is CC1(C)CCC2C(=O)C=C3[C@@]4(C)C=C(C#N)C(=O)C(C)(C)[C@@H]4CC[C@@]3(C)[C@]2(C)CC[C@@](C)(C(=O)n2ccnc2)CC1. The van der Waals surface area contributed by atoms with Gasteiger partial charge in [0.1, 0.15) is 12.4 Å². The predicted octanol–water partition coefficient (Wildman–Crippen LogP) is 7.52. The van der Waals surface area contributed by atoms with Gasteiger partial charge in [-0.3, -0.25) is 19.0 Å². The third-order valence-corrected chi connectivity index (χ3v) is 12.7. The van der Waals surface area contributed by atoms with Gasteiger partial charge < -0.3 is 0 Å². The Morgan fingerprint density at radius 3 is 2.27 bits per heavy atom. The van der Waals surface area contributed by atoms with Gasteiger partial charge in [0.05, 0.1) is 5.57 Å². The molecule has 0 amide bonds. The molecule has 220 valence electrons. The van der Waals surface area contributed by atoms with Crippen LogP contribution in [0.15, 0.2) is 42.0 Å². The molecule has 2 saturated carbocycles. The number of rotatable bonds is 1. The lowest BCUT2D eigenvalue weighted by molar-refractivity contribution is -0.139. The molecule has 41 heavy (non-hydrogen) atoms. The number of Topliss-reactive ketones (excluding diaryl/α,β-unsaturated/α-hetero) is 1.